The molecule has 2 aromatic carbocycles. The van der Waals surface area contributed by atoms with Crippen molar-refractivity contribution < 1.29 is 14.7 Å². The van der Waals surface area contributed by atoms with E-state index in [2.05, 4.69) is 31.4 Å². The zero-order valence-electron chi connectivity index (χ0n) is 21.7. The third kappa shape index (κ3) is 4.96. The van der Waals surface area contributed by atoms with Crippen LogP contribution in [0.4, 0.5) is 5.69 Å². The maximum Gasteiger partial charge on any atom is 0.237 e. The lowest BCUT2D eigenvalue weighted by Crippen LogP contribution is -2.49. The molecule has 4 atom stereocenters. The quantitative estimate of drug-likeness (QED) is 0.417. The fraction of sp³-hybridized carbons (Fsp3) is 0.533. The molecule has 0 bridgehead atoms. The summed E-state index contributed by atoms with van der Waals surface area (Å²) in [5.41, 5.74) is 1.40. The van der Waals surface area contributed by atoms with Crippen molar-refractivity contribution in [2.24, 2.45) is 11.3 Å². The molecule has 2 aliphatic heterocycles. The first-order chi connectivity index (χ1) is 17.5. The summed E-state index contributed by atoms with van der Waals surface area (Å²) < 4.78 is 0. The highest BCUT2D eigenvalue weighted by Gasteiger charge is 2.65. The van der Waals surface area contributed by atoms with Crippen molar-refractivity contribution in [2.45, 2.75) is 88.8 Å². The van der Waals surface area contributed by atoms with E-state index in [9.17, 15) is 14.7 Å². The van der Waals surface area contributed by atoms with Crippen molar-refractivity contribution in [2.75, 3.05) is 5.32 Å². The molecule has 3 aliphatic rings. The zero-order valence-corrected chi connectivity index (χ0v) is 23.2. The molecule has 0 aromatic heterocycles. The summed E-state index contributed by atoms with van der Waals surface area (Å²) in [6, 6.07) is 12.4. The van der Waals surface area contributed by atoms with Gasteiger partial charge in [0.15, 0.2) is 5.78 Å². The number of rotatable bonds is 5. The molecule has 1 aliphatic carbocycles. The summed E-state index contributed by atoms with van der Waals surface area (Å²) in [6.07, 6.45) is 4.05. The number of carbonyl (C=O) groups excluding carboxylic acids is 2. The summed E-state index contributed by atoms with van der Waals surface area (Å²) in [5, 5.41) is 17.9. The number of aliphatic hydroxyl groups excluding tert-OH is 1. The van der Waals surface area contributed by atoms with Crippen molar-refractivity contribution >= 4 is 40.6 Å². The van der Waals surface area contributed by atoms with E-state index in [0.717, 1.165) is 36.8 Å². The van der Waals surface area contributed by atoms with Crippen LogP contribution in [-0.2, 0) is 15.0 Å². The van der Waals surface area contributed by atoms with Gasteiger partial charge in [0, 0.05) is 34.1 Å². The number of fused-ring (bicyclic) bond motifs is 2. The molecule has 0 unspecified atom stereocenters. The molecule has 1 saturated carbocycles. The Morgan fingerprint density at radius 2 is 1.76 bits per heavy atom. The molecule has 2 fully saturated rings. The first-order valence-corrected chi connectivity index (χ1v) is 14.1. The van der Waals surface area contributed by atoms with Gasteiger partial charge in [-0.1, -0.05) is 62.2 Å². The third-order valence-corrected chi connectivity index (χ3v) is 8.95. The van der Waals surface area contributed by atoms with Crippen LogP contribution in [0, 0.1) is 11.3 Å². The Morgan fingerprint density at radius 1 is 1.05 bits per heavy atom. The number of halogens is 2. The van der Waals surface area contributed by atoms with Gasteiger partial charge < -0.3 is 15.7 Å². The van der Waals surface area contributed by atoms with Crippen LogP contribution in [0.1, 0.15) is 76.3 Å². The smallest absolute Gasteiger partial charge is 0.237 e. The fourth-order valence-corrected chi connectivity index (χ4v) is 7.31. The van der Waals surface area contributed by atoms with Crippen molar-refractivity contribution in [1.29, 1.82) is 0 Å². The van der Waals surface area contributed by atoms with Gasteiger partial charge in [-0.3, -0.25) is 9.59 Å². The summed E-state index contributed by atoms with van der Waals surface area (Å²) in [7, 11) is 0. The van der Waals surface area contributed by atoms with Crippen molar-refractivity contribution in [1.82, 2.24) is 5.32 Å². The number of anilines is 1. The minimum atomic E-state index is -0.985. The minimum absolute atomic E-state index is 0.0869. The van der Waals surface area contributed by atoms with Gasteiger partial charge in [0.05, 0.1) is 12.1 Å². The Balaban J connectivity index is 1.64. The highest BCUT2D eigenvalue weighted by Crippen LogP contribution is 2.57. The molecule has 1 amide bonds. The predicted molar refractivity (Wildman–Crippen MR) is 148 cm³/mol. The molecule has 3 N–H and O–H groups in total. The molecular formula is C30H36Cl2N2O3. The van der Waals surface area contributed by atoms with Gasteiger partial charge in [0.25, 0.3) is 0 Å². The molecular weight excluding hydrogens is 507 g/mol. The SMILES string of the molecule is CC(C)(C)C[C@@H]1N[C@@H](C(=O)CC2CCC(O)CC2)[C@H](c2cccc(Cl)c2)[C@]12C(=O)Nc1cc(Cl)ccc12. The van der Waals surface area contributed by atoms with E-state index in [0.29, 0.717) is 28.6 Å². The second-order valence-electron chi connectivity index (χ2n) is 12.4. The topological polar surface area (TPSA) is 78.4 Å². The van der Waals surface area contributed by atoms with Crippen LogP contribution in [-0.4, -0.2) is 35.0 Å². The van der Waals surface area contributed by atoms with E-state index < -0.39 is 17.4 Å². The van der Waals surface area contributed by atoms with Crippen LogP contribution < -0.4 is 10.6 Å². The van der Waals surface area contributed by atoms with Crippen molar-refractivity contribution in [3.63, 3.8) is 0 Å². The van der Waals surface area contributed by atoms with E-state index in [1.807, 2.05) is 36.4 Å². The summed E-state index contributed by atoms with van der Waals surface area (Å²) >= 11 is 12.8. The molecule has 0 radical (unpaired) electrons. The second kappa shape index (κ2) is 10.00. The van der Waals surface area contributed by atoms with Gasteiger partial charge >= 0.3 is 0 Å². The van der Waals surface area contributed by atoms with Crippen LogP contribution in [0.2, 0.25) is 10.0 Å². The van der Waals surface area contributed by atoms with Gasteiger partial charge in [-0.25, -0.2) is 0 Å². The normalized spacial score (nSPS) is 31.4. The number of carbonyl (C=O) groups is 2. The second-order valence-corrected chi connectivity index (χ2v) is 13.2. The molecule has 1 spiro atoms. The molecule has 5 nitrogen and oxygen atoms in total. The van der Waals surface area contributed by atoms with Crippen LogP contribution in [0.25, 0.3) is 0 Å². The highest BCUT2D eigenvalue weighted by atomic mass is 35.5. The van der Waals surface area contributed by atoms with Gasteiger partial charge in [-0.2, -0.15) is 0 Å². The average molecular weight is 544 g/mol. The van der Waals surface area contributed by atoms with Gasteiger partial charge in [-0.05, 0) is 78.8 Å². The van der Waals surface area contributed by atoms with Gasteiger partial charge in [0.2, 0.25) is 5.91 Å². The predicted octanol–water partition coefficient (Wildman–Crippen LogP) is 6.25. The molecule has 1 saturated heterocycles. The minimum Gasteiger partial charge on any atom is -0.393 e. The molecule has 5 rings (SSSR count). The summed E-state index contributed by atoms with van der Waals surface area (Å²) in [4.78, 5) is 28.2. The number of ketones is 1. The summed E-state index contributed by atoms with van der Waals surface area (Å²) in [6.45, 7) is 6.48. The maximum atomic E-state index is 14.2. The Labute approximate surface area is 229 Å². The van der Waals surface area contributed by atoms with E-state index >= 15 is 0 Å². The molecule has 2 aromatic rings. The first-order valence-electron chi connectivity index (χ1n) is 13.3. The van der Waals surface area contributed by atoms with Crippen LogP contribution in [0.15, 0.2) is 42.5 Å². The maximum absolute atomic E-state index is 14.2. The molecule has 2 heterocycles. The lowest BCUT2D eigenvalue weighted by molar-refractivity contribution is -0.123. The number of benzene rings is 2. The first kappa shape index (κ1) is 26.7. The summed E-state index contributed by atoms with van der Waals surface area (Å²) in [5.74, 6) is -0.161. The standard InChI is InChI=1S/C30H36Cl2N2O3/c1-29(2,3)16-25-30(22-12-9-20(32)15-23(22)33-28(30)37)26(18-5-4-6-19(31)14-18)27(34-25)24(36)13-17-7-10-21(35)11-8-17/h4-6,9,12,14-15,17,21,25-27,34-35H,7-8,10-11,13,16H2,1-3H3,(H,33,37)/t17?,21?,25-,26-,27-,30+/m0/s1. The number of hydrogen-bond acceptors (Lipinski definition) is 4. The molecule has 198 valence electrons. The average Bonchev–Trinajstić information content (AvgIpc) is 3.29. The molecule has 7 heteroatoms. The highest BCUT2D eigenvalue weighted by molar-refractivity contribution is 6.31. The van der Waals surface area contributed by atoms with Gasteiger partial charge in [0.1, 0.15) is 5.41 Å². The van der Waals surface area contributed by atoms with Gasteiger partial charge in [-0.15, -0.1) is 0 Å². The Morgan fingerprint density at radius 3 is 2.43 bits per heavy atom. The lowest BCUT2D eigenvalue weighted by Gasteiger charge is -2.37. The van der Waals surface area contributed by atoms with E-state index in [-0.39, 0.29) is 35.2 Å². The Kier molecular flexibility index (Phi) is 7.21. The largest absolute Gasteiger partial charge is 0.393 e. The Hall–Kier alpha value is -1.92. The van der Waals surface area contributed by atoms with Crippen molar-refractivity contribution in [3.05, 3.63) is 63.6 Å². The number of hydrogen-bond donors (Lipinski definition) is 3. The monoisotopic (exact) mass is 542 g/mol. The van der Waals surface area contributed by atoms with E-state index in [1.54, 1.807) is 6.07 Å². The van der Waals surface area contributed by atoms with E-state index in [1.165, 1.54) is 0 Å². The molecule has 37 heavy (non-hydrogen) atoms. The number of amides is 1. The number of nitrogens with one attached hydrogen (secondary N) is 2. The number of aliphatic hydroxyl groups is 1. The lowest BCUT2D eigenvalue weighted by atomic mass is 9.62. The fourth-order valence-electron chi connectivity index (χ4n) is 6.93. The number of Topliss-reactive ketones (excluding diaryl/α,β-unsaturated/α-hetero) is 1. The van der Waals surface area contributed by atoms with Crippen LogP contribution in [0.3, 0.4) is 0 Å². The Bertz CT molecular complexity index is 1200. The van der Waals surface area contributed by atoms with E-state index in [4.69, 9.17) is 23.2 Å². The zero-order chi connectivity index (χ0) is 26.5. The van der Waals surface area contributed by atoms with Crippen molar-refractivity contribution in [3.8, 4) is 0 Å². The third-order valence-electron chi connectivity index (χ3n) is 8.48. The van der Waals surface area contributed by atoms with Crippen LogP contribution >= 0.6 is 23.2 Å². The van der Waals surface area contributed by atoms with Crippen LogP contribution in [0.5, 0.6) is 0 Å².